The number of ether oxygens (including phenoxy) is 1. The van der Waals surface area contributed by atoms with Gasteiger partial charge in [0.2, 0.25) is 0 Å². The maximum atomic E-state index is 12.0. The van der Waals surface area contributed by atoms with E-state index in [0.29, 0.717) is 17.7 Å². The topological polar surface area (TPSA) is 75.6 Å². The predicted octanol–water partition coefficient (Wildman–Crippen LogP) is 2.99. The van der Waals surface area contributed by atoms with E-state index in [-0.39, 0.29) is 0 Å². The fraction of sp³-hybridized carbons (Fsp3) is 0.467. The number of carboxylic acid groups (broad SMARTS) is 1. The first-order chi connectivity index (χ1) is 9.74. The molecular formula is C15H19NO4S. The van der Waals surface area contributed by atoms with E-state index in [1.54, 1.807) is 44.7 Å². The van der Waals surface area contributed by atoms with Crippen molar-refractivity contribution in [3.05, 3.63) is 29.8 Å². The molecule has 1 heterocycles. The molecule has 2 N–H and O–H groups in total. The molecule has 6 heteroatoms. The summed E-state index contributed by atoms with van der Waals surface area (Å²) in [5, 5.41) is 12.3. The van der Waals surface area contributed by atoms with E-state index < -0.39 is 23.2 Å². The molecule has 2 rings (SSSR count). The lowest BCUT2D eigenvalue weighted by atomic mass is 9.86. The average Bonchev–Trinajstić information content (AvgIpc) is 2.36. The summed E-state index contributed by atoms with van der Waals surface area (Å²) < 4.78 is 5.21. The zero-order valence-electron chi connectivity index (χ0n) is 12.3. The molecule has 1 atom stereocenters. The van der Waals surface area contributed by atoms with Crippen LogP contribution in [0, 0.1) is 0 Å². The van der Waals surface area contributed by atoms with Crippen LogP contribution in [-0.4, -0.2) is 28.5 Å². The van der Waals surface area contributed by atoms with E-state index in [2.05, 4.69) is 5.32 Å². The van der Waals surface area contributed by atoms with Crippen LogP contribution in [0.3, 0.4) is 0 Å². The van der Waals surface area contributed by atoms with Crippen LogP contribution in [0.2, 0.25) is 0 Å². The Labute approximate surface area is 128 Å². The second kappa shape index (κ2) is 5.60. The molecule has 114 valence electrons. The van der Waals surface area contributed by atoms with Gasteiger partial charge in [0.25, 0.3) is 0 Å². The number of nitrogens with one attached hydrogen (secondary N) is 1. The number of aliphatic carboxylic acids is 1. The molecule has 5 nitrogen and oxygen atoms in total. The van der Waals surface area contributed by atoms with Gasteiger partial charge in [0.05, 0.1) is 0 Å². The molecule has 1 aliphatic rings. The maximum Gasteiger partial charge on any atom is 0.408 e. The van der Waals surface area contributed by atoms with E-state index in [1.807, 2.05) is 12.1 Å². The van der Waals surface area contributed by atoms with Crippen molar-refractivity contribution in [1.82, 2.24) is 5.32 Å². The van der Waals surface area contributed by atoms with E-state index in [4.69, 9.17) is 4.74 Å². The van der Waals surface area contributed by atoms with Crippen LogP contribution in [0.5, 0.6) is 0 Å². The number of carbonyl (C=O) groups excluding carboxylic acids is 1. The minimum absolute atomic E-state index is 0.323. The number of hydrogen-bond acceptors (Lipinski definition) is 4. The van der Waals surface area contributed by atoms with E-state index >= 15 is 0 Å². The van der Waals surface area contributed by atoms with Crippen molar-refractivity contribution in [2.24, 2.45) is 0 Å². The summed E-state index contributed by atoms with van der Waals surface area (Å²) in [5.74, 6) is -0.444. The number of hydrogen-bond donors (Lipinski definition) is 2. The summed E-state index contributed by atoms with van der Waals surface area (Å²) in [6.07, 6.45) is -0.393. The summed E-state index contributed by atoms with van der Waals surface area (Å²) in [4.78, 5) is 24.8. The fourth-order valence-electron chi connectivity index (χ4n) is 2.28. The van der Waals surface area contributed by atoms with Crippen molar-refractivity contribution in [3.63, 3.8) is 0 Å². The van der Waals surface area contributed by atoms with Gasteiger partial charge in [0, 0.05) is 16.2 Å². The summed E-state index contributed by atoms with van der Waals surface area (Å²) >= 11 is 1.59. The Balaban J connectivity index is 2.36. The molecule has 0 spiro atoms. The number of carbonyl (C=O) groups is 2. The monoisotopic (exact) mass is 309 g/mol. The van der Waals surface area contributed by atoms with Crippen LogP contribution in [-0.2, 0) is 15.1 Å². The SMILES string of the molecule is CC(C)(C)OC(=O)NC1(C(=O)O)CCSc2ccccc21. The largest absolute Gasteiger partial charge is 0.479 e. The Kier molecular flexibility index (Phi) is 4.18. The Bertz CT molecular complexity index is 567. The zero-order valence-corrected chi connectivity index (χ0v) is 13.1. The predicted molar refractivity (Wildman–Crippen MR) is 80.5 cm³/mol. The lowest BCUT2D eigenvalue weighted by Gasteiger charge is -2.36. The average molecular weight is 309 g/mol. The lowest BCUT2D eigenvalue weighted by molar-refractivity contribution is -0.145. The van der Waals surface area contributed by atoms with Gasteiger partial charge in [-0.25, -0.2) is 9.59 Å². The van der Waals surface area contributed by atoms with Gasteiger partial charge in [-0.1, -0.05) is 18.2 Å². The smallest absolute Gasteiger partial charge is 0.408 e. The molecule has 0 aromatic heterocycles. The van der Waals surface area contributed by atoms with Gasteiger partial charge in [-0.05, 0) is 33.3 Å². The molecule has 0 bridgehead atoms. The lowest BCUT2D eigenvalue weighted by Crippen LogP contribution is -2.54. The number of amides is 1. The van der Waals surface area contributed by atoms with Crippen LogP contribution < -0.4 is 5.32 Å². The summed E-state index contributed by atoms with van der Waals surface area (Å²) in [6.45, 7) is 5.22. The van der Waals surface area contributed by atoms with Crippen molar-refractivity contribution < 1.29 is 19.4 Å². The highest BCUT2D eigenvalue weighted by atomic mass is 32.2. The third kappa shape index (κ3) is 3.32. The highest BCUT2D eigenvalue weighted by molar-refractivity contribution is 7.99. The first-order valence-corrected chi connectivity index (χ1v) is 7.70. The molecule has 1 amide bonds. The standard InChI is InChI=1S/C15H19NO4S/c1-14(2,3)20-13(19)16-15(12(17)18)8-9-21-11-7-5-4-6-10(11)15/h4-7H,8-9H2,1-3H3,(H,16,19)(H,17,18). The van der Waals surface area contributed by atoms with Gasteiger partial charge in [-0.3, -0.25) is 0 Å². The number of benzene rings is 1. The number of fused-ring (bicyclic) bond motifs is 1. The second-order valence-corrected chi connectivity index (χ2v) is 7.07. The third-order valence-corrected chi connectivity index (χ3v) is 4.24. The molecule has 0 fully saturated rings. The summed E-state index contributed by atoms with van der Waals surface area (Å²) in [6, 6.07) is 7.25. The van der Waals surface area contributed by atoms with Gasteiger partial charge in [-0.2, -0.15) is 0 Å². The molecule has 0 aliphatic carbocycles. The van der Waals surface area contributed by atoms with Gasteiger partial charge in [0.15, 0.2) is 5.54 Å². The van der Waals surface area contributed by atoms with E-state index in [9.17, 15) is 14.7 Å². The van der Waals surface area contributed by atoms with Gasteiger partial charge in [0.1, 0.15) is 5.60 Å². The van der Waals surface area contributed by atoms with Crippen molar-refractivity contribution in [2.45, 2.75) is 43.2 Å². The fourth-order valence-corrected chi connectivity index (χ4v) is 3.48. The molecule has 0 saturated carbocycles. The molecule has 0 radical (unpaired) electrons. The number of alkyl carbamates (subject to hydrolysis) is 1. The van der Waals surface area contributed by atoms with Gasteiger partial charge >= 0.3 is 12.1 Å². The third-order valence-electron chi connectivity index (χ3n) is 3.16. The Hall–Kier alpha value is -1.69. The Morgan fingerprint density at radius 2 is 2.00 bits per heavy atom. The Morgan fingerprint density at radius 1 is 1.33 bits per heavy atom. The van der Waals surface area contributed by atoms with Gasteiger partial charge < -0.3 is 15.2 Å². The number of carboxylic acids is 1. The Morgan fingerprint density at radius 3 is 2.62 bits per heavy atom. The minimum Gasteiger partial charge on any atom is -0.479 e. The normalized spacial score (nSPS) is 21.3. The molecule has 1 aromatic carbocycles. The van der Waals surface area contributed by atoms with Crippen molar-refractivity contribution in [3.8, 4) is 0 Å². The first-order valence-electron chi connectivity index (χ1n) is 6.71. The van der Waals surface area contributed by atoms with E-state index in [1.165, 1.54) is 0 Å². The van der Waals surface area contributed by atoms with Crippen molar-refractivity contribution in [1.29, 1.82) is 0 Å². The highest BCUT2D eigenvalue weighted by Crippen LogP contribution is 2.40. The van der Waals surface area contributed by atoms with Gasteiger partial charge in [-0.15, -0.1) is 11.8 Å². The maximum absolute atomic E-state index is 12.0. The molecule has 1 aliphatic heterocycles. The van der Waals surface area contributed by atoms with Crippen LogP contribution in [0.25, 0.3) is 0 Å². The summed E-state index contributed by atoms with van der Waals surface area (Å²) in [5.41, 5.74) is -1.49. The summed E-state index contributed by atoms with van der Waals surface area (Å²) in [7, 11) is 0. The first kappa shape index (κ1) is 15.7. The van der Waals surface area contributed by atoms with E-state index in [0.717, 1.165) is 4.90 Å². The molecule has 0 saturated heterocycles. The van der Waals surface area contributed by atoms with Crippen molar-refractivity contribution >= 4 is 23.8 Å². The van der Waals surface area contributed by atoms with Crippen LogP contribution in [0.4, 0.5) is 4.79 Å². The zero-order chi connectivity index (χ0) is 15.7. The highest BCUT2D eigenvalue weighted by Gasteiger charge is 2.46. The number of rotatable bonds is 2. The van der Waals surface area contributed by atoms with Crippen LogP contribution in [0.15, 0.2) is 29.2 Å². The molecule has 1 unspecified atom stereocenters. The van der Waals surface area contributed by atoms with Crippen LogP contribution in [0.1, 0.15) is 32.8 Å². The minimum atomic E-state index is -1.43. The quantitative estimate of drug-likeness (QED) is 0.878. The molecular weight excluding hydrogens is 290 g/mol. The van der Waals surface area contributed by atoms with Crippen LogP contribution >= 0.6 is 11.8 Å². The molecule has 1 aromatic rings. The number of thioether (sulfide) groups is 1. The molecule has 21 heavy (non-hydrogen) atoms. The van der Waals surface area contributed by atoms with Crippen molar-refractivity contribution in [2.75, 3.05) is 5.75 Å². The second-order valence-electron chi connectivity index (χ2n) is 5.93.